The molecule has 4 rings (SSSR count). The Morgan fingerprint density at radius 3 is 2.57 bits per heavy atom. The van der Waals surface area contributed by atoms with E-state index in [2.05, 4.69) is 27.8 Å². The second-order valence-electron chi connectivity index (χ2n) is 6.57. The van der Waals surface area contributed by atoms with Crippen molar-refractivity contribution in [1.82, 2.24) is 9.88 Å². The molecule has 3 aromatic rings. The molecule has 2 aromatic heterocycles. The van der Waals surface area contributed by atoms with Crippen LogP contribution in [0, 0.1) is 11.3 Å². The summed E-state index contributed by atoms with van der Waals surface area (Å²) in [5.74, 6) is 2.76. The normalized spacial score (nSPS) is 14.8. The lowest BCUT2D eigenvalue weighted by Crippen LogP contribution is -2.46. The molecule has 0 radical (unpaired) electrons. The van der Waals surface area contributed by atoms with Crippen LogP contribution in [0.2, 0.25) is 0 Å². The van der Waals surface area contributed by atoms with Crippen molar-refractivity contribution in [3.05, 3.63) is 53.9 Å². The quantitative estimate of drug-likeness (QED) is 0.649. The zero-order valence-electron chi connectivity index (χ0n) is 15.8. The summed E-state index contributed by atoms with van der Waals surface area (Å²) in [4.78, 5) is 8.77. The summed E-state index contributed by atoms with van der Waals surface area (Å²) in [6, 6.07) is 15.3. The van der Waals surface area contributed by atoms with Crippen molar-refractivity contribution in [2.24, 2.45) is 0 Å². The minimum Gasteiger partial charge on any atom is -0.486 e. The Hall–Kier alpha value is -3.24. The van der Waals surface area contributed by atoms with Crippen molar-refractivity contribution in [2.75, 3.05) is 37.6 Å². The van der Waals surface area contributed by atoms with E-state index in [0.29, 0.717) is 35.6 Å². The van der Waals surface area contributed by atoms with E-state index >= 15 is 0 Å². The molecule has 28 heavy (non-hydrogen) atoms. The first-order valence-corrected chi connectivity index (χ1v) is 9.42. The van der Waals surface area contributed by atoms with Crippen molar-refractivity contribution in [3.63, 3.8) is 0 Å². The highest BCUT2D eigenvalue weighted by molar-refractivity contribution is 5.56. The third-order valence-electron chi connectivity index (χ3n) is 4.82. The van der Waals surface area contributed by atoms with E-state index in [9.17, 15) is 5.26 Å². The van der Waals surface area contributed by atoms with Crippen LogP contribution in [0.15, 0.2) is 51.3 Å². The number of hydrogen-bond donors (Lipinski definition) is 0. The molecule has 144 valence electrons. The van der Waals surface area contributed by atoms with Crippen LogP contribution in [0.3, 0.4) is 0 Å². The summed E-state index contributed by atoms with van der Waals surface area (Å²) >= 11 is 0. The first-order chi connectivity index (χ1) is 13.8. The Kier molecular flexibility index (Phi) is 5.31. The fraction of sp³-hybridized carbons (Fsp3) is 0.333. The zero-order chi connectivity index (χ0) is 19.3. The second-order valence-corrected chi connectivity index (χ2v) is 6.57. The van der Waals surface area contributed by atoms with Crippen molar-refractivity contribution < 1.29 is 13.6 Å². The number of hydrogen-bond acceptors (Lipinski definition) is 7. The monoisotopic (exact) mass is 378 g/mol. The van der Waals surface area contributed by atoms with Gasteiger partial charge in [-0.2, -0.15) is 10.2 Å². The molecule has 1 fully saturated rings. The first-order valence-electron chi connectivity index (χ1n) is 9.42. The van der Waals surface area contributed by atoms with Crippen LogP contribution in [0.4, 0.5) is 5.88 Å². The number of rotatable bonds is 6. The molecule has 0 bridgehead atoms. The van der Waals surface area contributed by atoms with E-state index < -0.39 is 0 Å². The molecule has 7 nitrogen and oxygen atoms in total. The van der Waals surface area contributed by atoms with Crippen LogP contribution >= 0.6 is 0 Å². The number of nitrogens with zero attached hydrogens (tertiary/aromatic N) is 4. The molecule has 0 unspecified atom stereocenters. The van der Waals surface area contributed by atoms with Gasteiger partial charge in [-0.15, -0.1) is 0 Å². The lowest BCUT2D eigenvalue weighted by Gasteiger charge is -2.33. The Labute approximate surface area is 163 Å². The van der Waals surface area contributed by atoms with E-state index in [-0.39, 0.29) is 0 Å². The van der Waals surface area contributed by atoms with Gasteiger partial charge in [-0.25, -0.2) is 0 Å². The third-order valence-corrected chi connectivity index (χ3v) is 4.82. The van der Waals surface area contributed by atoms with E-state index in [1.54, 1.807) is 6.07 Å². The van der Waals surface area contributed by atoms with Crippen molar-refractivity contribution in [2.45, 2.75) is 13.5 Å². The average Bonchev–Trinajstić information content (AvgIpc) is 3.40. The van der Waals surface area contributed by atoms with Crippen LogP contribution in [0.5, 0.6) is 5.75 Å². The number of piperazine rings is 1. The summed E-state index contributed by atoms with van der Waals surface area (Å²) in [7, 11) is 0. The molecule has 0 spiro atoms. The average molecular weight is 378 g/mol. The van der Waals surface area contributed by atoms with Gasteiger partial charge >= 0.3 is 0 Å². The second kappa shape index (κ2) is 8.19. The smallest absolute Gasteiger partial charge is 0.266 e. The number of oxazole rings is 1. The molecule has 0 aliphatic carbocycles. The van der Waals surface area contributed by atoms with Gasteiger partial charge in [0.05, 0.1) is 0 Å². The first kappa shape index (κ1) is 18.1. The number of nitriles is 1. The molecular formula is C21H22N4O3. The number of ether oxygens (including phenoxy) is 1. The van der Waals surface area contributed by atoms with Crippen molar-refractivity contribution in [1.29, 1.82) is 5.26 Å². The van der Waals surface area contributed by atoms with E-state index in [1.165, 1.54) is 0 Å². The zero-order valence-corrected chi connectivity index (χ0v) is 15.8. The number of likely N-dealkylation sites (N-methyl/N-ethyl adjacent to an activating group) is 1. The van der Waals surface area contributed by atoms with Crippen LogP contribution in [0.1, 0.15) is 18.4 Å². The number of benzene rings is 1. The van der Waals surface area contributed by atoms with Gasteiger partial charge in [-0.05, 0) is 30.8 Å². The molecule has 1 aliphatic rings. The molecule has 0 saturated carbocycles. The van der Waals surface area contributed by atoms with Gasteiger partial charge in [0.15, 0.2) is 5.76 Å². The highest BCUT2D eigenvalue weighted by atomic mass is 16.5. The van der Waals surface area contributed by atoms with E-state index in [0.717, 1.165) is 38.5 Å². The Bertz CT molecular complexity index is 950. The molecule has 7 heteroatoms. The van der Waals surface area contributed by atoms with Gasteiger partial charge in [-0.3, -0.25) is 0 Å². The molecule has 1 aliphatic heterocycles. The summed E-state index contributed by atoms with van der Waals surface area (Å²) in [6.45, 7) is 7.00. The van der Waals surface area contributed by atoms with Crippen LogP contribution in [0.25, 0.3) is 11.7 Å². The summed E-state index contributed by atoms with van der Waals surface area (Å²) < 4.78 is 17.4. The fourth-order valence-electron chi connectivity index (χ4n) is 3.21. The Morgan fingerprint density at radius 1 is 1.07 bits per heavy atom. The van der Waals surface area contributed by atoms with Crippen LogP contribution in [-0.4, -0.2) is 42.6 Å². The molecule has 1 saturated heterocycles. The summed E-state index contributed by atoms with van der Waals surface area (Å²) in [5, 5.41) is 9.46. The van der Waals surface area contributed by atoms with E-state index in [1.807, 2.05) is 36.4 Å². The molecule has 0 N–H and O–H groups in total. The van der Waals surface area contributed by atoms with Gasteiger partial charge < -0.3 is 23.4 Å². The molecule has 0 atom stereocenters. The Morgan fingerprint density at radius 2 is 1.86 bits per heavy atom. The predicted octanol–water partition coefficient (Wildman–Crippen LogP) is 3.53. The minimum atomic E-state index is 0.290. The maximum Gasteiger partial charge on any atom is 0.266 e. The van der Waals surface area contributed by atoms with Gasteiger partial charge in [0, 0.05) is 26.2 Å². The molecule has 3 heterocycles. The topological polar surface area (TPSA) is 78.7 Å². The predicted molar refractivity (Wildman–Crippen MR) is 104 cm³/mol. The van der Waals surface area contributed by atoms with Crippen molar-refractivity contribution in [3.8, 4) is 23.5 Å². The molecular weight excluding hydrogens is 356 g/mol. The van der Waals surface area contributed by atoms with Crippen LogP contribution < -0.4 is 9.64 Å². The number of anilines is 1. The number of aromatic nitrogens is 1. The van der Waals surface area contributed by atoms with E-state index in [4.69, 9.17) is 13.6 Å². The standard InChI is InChI=1S/C21H22N4O3/c1-2-24-10-12-25(13-11-24)21-18(14-22)23-20(28-21)19-9-8-17(27-19)15-26-16-6-4-3-5-7-16/h3-9H,2,10-13,15H2,1H3. The Balaban J connectivity index is 1.47. The van der Waals surface area contributed by atoms with Gasteiger partial charge in [-0.1, -0.05) is 25.1 Å². The fourth-order valence-corrected chi connectivity index (χ4v) is 3.21. The minimum absolute atomic E-state index is 0.290. The van der Waals surface area contributed by atoms with Gasteiger partial charge in [0.25, 0.3) is 5.89 Å². The van der Waals surface area contributed by atoms with Gasteiger partial charge in [0.1, 0.15) is 24.2 Å². The maximum absolute atomic E-state index is 9.46. The highest BCUT2D eigenvalue weighted by Crippen LogP contribution is 2.30. The van der Waals surface area contributed by atoms with Crippen LogP contribution in [-0.2, 0) is 6.61 Å². The highest BCUT2D eigenvalue weighted by Gasteiger charge is 2.25. The maximum atomic E-state index is 9.46. The third kappa shape index (κ3) is 3.87. The summed E-state index contributed by atoms with van der Waals surface area (Å²) in [6.07, 6.45) is 0. The lowest BCUT2D eigenvalue weighted by molar-refractivity contribution is 0.266. The number of para-hydroxylation sites is 1. The van der Waals surface area contributed by atoms with Gasteiger partial charge in [0.2, 0.25) is 11.6 Å². The summed E-state index contributed by atoms with van der Waals surface area (Å²) in [5.41, 5.74) is 0.290. The number of furan rings is 1. The SMILES string of the molecule is CCN1CCN(c2oc(-c3ccc(COc4ccccc4)o3)nc2C#N)CC1. The molecule has 1 aromatic carbocycles. The van der Waals surface area contributed by atoms with Crippen molar-refractivity contribution >= 4 is 5.88 Å². The largest absolute Gasteiger partial charge is 0.486 e. The molecule has 0 amide bonds. The lowest BCUT2D eigenvalue weighted by atomic mass is 10.3.